The number of nitrogens with zero attached hydrogens (tertiary/aromatic N) is 1. The van der Waals surface area contributed by atoms with E-state index in [1.54, 1.807) is 0 Å². The fourth-order valence-electron chi connectivity index (χ4n) is 4.39. The van der Waals surface area contributed by atoms with Gasteiger partial charge in [-0.15, -0.1) is 12.4 Å². The molecule has 2 nitrogen and oxygen atoms in total. The summed E-state index contributed by atoms with van der Waals surface area (Å²) >= 11 is 0. The van der Waals surface area contributed by atoms with Crippen molar-refractivity contribution in [1.29, 1.82) is 0 Å². The van der Waals surface area contributed by atoms with Crippen LogP contribution in [-0.2, 0) is 24.4 Å². The van der Waals surface area contributed by atoms with Crippen LogP contribution in [0.5, 0.6) is 0 Å². The zero-order valence-corrected chi connectivity index (χ0v) is 18.3. The van der Waals surface area contributed by atoms with Gasteiger partial charge in [0.1, 0.15) is 0 Å². The molecule has 2 atom stereocenters. The minimum atomic E-state index is 0. The molecule has 0 radical (unpaired) electrons. The van der Waals surface area contributed by atoms with E-state index >= 15 is 0 Å². The van der Waals surface area contributed by atoms with E-state index in [-0.39, 0.29) is 18.5 Å². The molecule has 1 aliphatic rings. The molecule has 3 heteroatoms. The summed E-state index contributed by atoms with van der Waals surface area (Å²) < 4.78 is 6.50. The Morgan fingerprint density at radius 1 is 0.633 bits per heavy atom. The lowest BCUT2D eigenvalue weighted by atomic mass is 9.90. The van der Waals surface area contributed by atoms with Gasteiger partial charge in [0.25, 0.3) is 0 Å². The third-order valence-electron chi connectivity index (χ3n) is 5.90. The molecule has 30 heavy (non-hydrogen) atoms. The Hall–Kier alpha value is -2.13. The van der Waals surface area contributed by atoms with Gasteiger partial charge in [0.05, 0.1) is 12.7 Å². The minimum absolute atomic E-state index is 0. The van der Waals surface area contributed by atoms with Crippen LogP contribution in [0.3, 0.4) is 0 Å². The summed E-state index contributed by atoms with van der Waals surface area (Å²) in [7, 11) is 0. The molecule has 4 rings (SSSR count). The number of hydrogen-bond acceptors (Lipinski definition) is 2. The van der Waals surface area contributed by atoms with Crippen LogP contribution in [0, 0.1) is 0 Å². The monoisotopic (exact) mass is 421 g/mol. The quantitative estimate of drug-likeness (QED) is 0.404. The van der Waals surface area contributed by atoms with Crippen molar-refractivity contribution < 1.29 is 4.74 Å². The number of ether oxygens (including phenoxy) is 1. The Balaban J connectivity index is 0.00000256. The molecule has 0 saturated heterocycles. The molecule has 0 aliphatic heterocycles. The molecule has 158 valence electrons. The topological polar surface area (TPSA) is 12.5 Å². The van der Waals surface area contributed by atoms with Crippen LogP contribution in [0.15, 0.2) is 91.0 Å². The van der Waals surface area contributed by atoms with Gasteiger partial charge in [0.15, 0.2) is 0 Å². The first-order valence-corrected chi connectivity index (χ1v) is 10.9. The van der Waals surface area contributed by atoms with Gasteiger partial charge in [-0.3, -0.25) is 4.90 Å². The smallest absolute Gasteiger partial charge is 0.0735 e. The van der Waals surface area contributed by atoms with Gasteiger partial charge in [-0.1, -0.05) is 104 Å². The van der Waals surface area contributed by atoms with Crippen LogP contribution in [-0.4, -0.2) is 17.0 Å². The maximum atomic E-state index is 6.50. The largest absolute Gasteiger partial charge is 0.372 e. The van der Waals surface area contributed by atoms with Gasteiger partial charge in [0.2, 0.25) is 0 Å². The first-order valence-electron chi connectivity index (χ1n) is 10.9. The summed E-state index contributed by atoms with van der Waals surface area (Å²) in [4.78, 5) is 2.64. The van der Waals surface area contributed by atoms with Crippen molar-refractivity contribution in [3.05, 3.63) is 108 Å². The molecule has 0 unspecified atom stereocenters. The predicted molar refractivity (Wildman–Crippen MR) is 127 cm³/mol. The van der Waals surface area contributed by atoms with E-state index in [4.69, 9.17) is 4.74 Å². The molecule has 0 N–H and O–H groups in total. The van der Waals surface area contributed by atoms with Crippen molar-refractivity contribution in [3.63, 3.8) is 0 Å². The molecule has 1 saturated carbocycles. The summed E-state index contributed by atoms with van der Waals surface area (Å²) in [5.41, 5.74) is 4.00. The van der Waals surface area contributed by atoms with Crippen LogP contribution in [0.2, 0.25) is 0 Å². The molecule has 3 aromatic carbocycles. The van der Waals surface area contributed by atoms with Gasteiger partial charge in [0, 0.05) is 19.1 Å². The number of halogens is 1. The molecule has 0 spiro atoms. The first kappa shape index (κ1) is 22.6. The summed E-state index contributed by atoms with van der Waals surface area (Å²) in [6, 6.07) is 32.7. The highest BCUT2D eigenvalue weighted by atomic mass is 35.5. The summed E-state index contributed by atoms with van der Waals surface area (Å²) in [5.74, 6) is 0. The first-order chi connectivity index (χ1) is 14.4. The zero-order chi connectivity index (χ0) is 19.7. The predicted octanol–water partition coefficient (Wildman–Crippen LogP) is 6.64. The molecule has 0 amide bonds. The van der Waals surface area contributed by atoms with Gasteiger partial charge in [-0.05, 0) is 29.5 Å². The fourth-order valence-corrected chi connectivity index (χ4v) is 4.39. The minimum Gasteiger partial charge on any atom is -0.372 e. The molecule has 3 aromatic rings. The Morgan fingerprint density at radius 3 is 1.63 bits per heavy atom. The lowest BCUT2D eigenvalue weighted by Crippen LogP contribution is -2.45. The Bertz CT molecular complexity index is 799. The maximum absolute atomic E-state index is 6.50. The molecule has 0 bridgehead atoms. The maximum Gasteiger partial charge on any atom is 0.0735 e. The number of hydrogen-bond donors (Lipinski definition) is 0. The van der Waals surface area contributed by atoms with E-state index in [9.17, 15) is 0 Å². The van der Waals surface area contributed by atoms with Crippen molar-refractivity contribution in [3.8, 4) is 0 Å². The molecule has 1 fully saturated rings. The van der Waals surface area contributed by atoms with Crippen LogP contribution in [0.25, 0.3) is 0 Å². The third-order valence-corrected chi connectivity index (χ3v) is 5.90. The molecule has 1 aliphatic carbocycles. The highest BCUT2D eigenvalue weighted by Gasteiger charge is 2.31. The zero-order valence-electron chi connectivity index (χ0n) is 17.5. The SMILES string of the molecule is Cl.c1ccc(CO[C@@H]2CCCC[C@H]2N(Cc2ccccc2)Cc2ccccc2)cc1. The second-order valence-electron chi connectivity index (χ2n) is 8.06. The molecule has 0 aromatic heterocycles. The molecular weight excluding hydrogens is 390 g/mol. The van der Waals surface area contributed by atoms with Crippen molar-refractivity contribution in [2.45, 2.75) is 57.5 Å². The fraction of sp³-hybridized carbons (Fsp3) is 0.333. The highest BCUT2D eigenvalue weighted by Crippen LogP contribution is 2.29. The highest BCUT2D eigenvalue weighted by molar-refractivity contribution is 5.85. The second kappa shape index (κ2) is 11.9. The van der Waals surface area contributed by atoms with Crippen molar-refractivity contribution in [2.75, 3.05) is 0 Å². The summed E-state index contributed by atoms with van der Waals surface area (Å²) in [5, 5.41) is 0. The van der Waals surface area contributed by atoms with Crippen molar-refractivity contribution in [1.82, 2.24) is 4.90 Å². The third kappa shape index (κ3) is 6.43. The second-order valence-corrected chi connectivity index (χ2v) is 8.06. The van der Waals surface area contributed by atoms with Gasteiger partial charge < -0.3 is 4.74 Å². The number of rotatable bonds is 8. The lowest BCUT2D eigenvalue weighted by Gasteiger charge is -2.40. The summed E-state index contributed by atoms with van der Waals surface area (Å²) in [6.07, 6.45) is 5.20. The van der Waals surface area contributed by atoms with Crippen LogP contribution < -0.4 is 0 Å². The van der Waals surface area contributed by atoms with Crippen LogP contribution >= 0.6 is 12.4 Å². The Labute approximate surface area is 187 Å². The number of benzene rings is 3. The molecular formula is C27H32ClNO. The average Bonchev–Trinajstić information content (AvgIpc) is 2.80. The van der Waals surface area contributed by atoms with Crippen molar-refractivity contribution in [2.24, 2.45) is 0 Å². The van der Waals surface area contributed by atoms with Crippen molar-refractivity contribution >= 4 is 12.4 Å². The van der Waals surface area contributed by atoms with E-state index in [0.29, 0.717) is 12.6 Å². The van der Waals surface area contributed by atoms with E-state index < -0.39 is 0 Å². The van der Waals surface area contributed by atoms with Gasteiger partial charge in [-0.2, -0.15) is 0 Å². The van der Waals surface area contributed by atoms with E-state index in [1.807, 2.05) is 0 Å². The standard InChI is InChI=1S/C27H31NO.ClH/c1-4-12-23(13-5-1)20-28(21-24-14-6-2-7-15-24)26-18-10-11-19-27(26)29-22-25-16-8-3-9-17-25;/h1-9,12-17,26-27H,10-11,18-22H2;1H/t26-,27-;/m1./s1. The van der Waals surface area contributed by atoms with Gasteiger partial charge in [-0.25, -0.2) is 0 Å². The molecule has 0 heterocycles. The Morgan fingerprint density at radius 2 is 1.10 bits per heavy atom. The Kier molecular flexibility index (Phi) is 8.95. The van der Waals surface area contributed by atoms with E-state index in [2.05, 4.69) is 95.9 Å². The lowest BCUT2D eigenvalue weighted by molar-refractivity contribution is -0.0498. The van der Waals surface area contributed by atoms with Crippen LogP contribution in [0.1, 0.15) is 42.4 Å². The normalized spacial score (nSPS) is 18.7. The van der Waals surface area contributed by atoms with Gasteiger partial charge >= 0.3 is 0 Å². The van der Waals surface area contributed by atoms with E-state index in [1.165, 1.54) is 36.0 Å². The summed E-state index contributed by atoms with van der Waals surface area (Å²) in [6.45, 7) is 2.63. The van der Waals surface area contributed by atoms with Crippen LogP contribution in [0.4, 0.5) is 0 Å². The van der Waals surface area contributed by atoms with E-state index in [0.717, 1.165) is 19.5 Å². The average molecular weight is 422 g/mol.